The van der Waals surface area contributed by atoms with Gasteiger partial charge in [-0.2, -0.15) is 0 Å². The summed E-state index contributed by atoms with van der Waals surface area (Å²) in [6, 6.07) is 30.8. The maximum absolute atomic E-state index is 2.46. The maximum Gasteiger partial charge on any atom is 0.176 e. The van der Waals surface area contributed by atoms with Crippen molar-refractivity contribution in [3.05, 3.63) is 113 Å². The molecule has 0 radical (unpaired) electrons. The Hall–Kier alpha value is -2.64. The van der Waals surface area contributed by atoms with Crippen molar-refractivity contribution >= 4 is 23.6 Å². The van der Waals surface area contributed by atoms with Crippen molar-refractivity contribution < 1.29 is 0 Å². The fourth-order valence-corrected chi connectivity index (χ4v) is 11.1. The topological polar surface area (TPSA) is 0 Å². The molecule has 3 aromatic carbocycles. The van der Waals surface area contributed by atoms with Gasteiger partial charge in [-0.15, -0.1) is 0 Å². The van der Waals surface area contributed by atoms with Crippen LogP contribution in [0.1, 0.15) is 64.5 Å². The van der Waals surface area contributed by atoms with Gasteiger partial charge in [0.25, 0.3) is 0 Å². The van der Waals surface area contributed by atoms with Gasteiger partial charge in [0.2, 0.25) is 0 Å². The first-order chi connectivity index (χ1) is 16.6. The molecule has 0 spiro atoms. The molecular weight excluding hydrogens is 424 g/mol. The minimum atomic E-state index is -2.41. The standard InChI is InChI=1S/C33H40Si/c1-5-7-12-28-18-22-31(23-19-28)34(30-14-10-9-11-15-30,33-26(3)16-17-27(33)4)32-24-20-29(21-25-32)13-8-6-2/h9-11,14-26H,5-8,12-13H2,1-4H3. The fraction of sp³-hybridized carbons (Fsp3) is 0.333. The van der Waals surface area contributed by atoms with E-state index >= 15 is 0 Å². The molecule has 1 aliphatic carbocycles. The first-order valence-corrected chi connectivity index (χ1v) is 15.2. The van der Waals surface area contributed by atoms with Gasteiger partial charge in [-0.1, -0.05) is 135 Å². The molecule has 3 aromatic rings. The Kier molecular flexibility index (Phi) is 8.06. The van der Waals surface area contributed by atoms with Crippen molar-refractivity contribution in [2.75, 3.05) is 0 Å². The summed E-state index contributed by atoms with van der Waals surface area (Å²) in [6.45, 7) is 9.26. The lowest BCUT2D eigenvalue weighted by Gasteiger charge is -2.38. The van der Waals surface area contributed by atoms with Gasteiger partial charge in [0, 0.05) is 0 Å². The molecule has 1 unspecified atom stereocenters. The first-order valence-electron chi connectivity index (χ1n) is 13.2. The van der Waals surface area contributed by atoms with Crippen LogP contribution in [0.5, 0.6) is 0 Å². The van der Waals surface area contributed by atoms with Crippen LogP contribution in [0.15, 0.2) is 102 Å². The number of allylic oxidation sites excluding steroid dienone is 4. The Morgan fingerprint density at radius 1 is 0.647 bits per heavy atom. The third kappa shape index (κ3) is 4.77. The smallest absolute Gasteiger partial charge is 0.0777 e. The lowest BCUT2D eigenvalue weighted by atomic mass is 10.1. The summed E-state index contributed by atoms with van der Waals surface area (Å²) in [4.78, 5) is 0. The zero-order valence-electron chi connectivity index (χ0n) is 21.5. The number of aryl methyl sites for hydroxylation is 2. The van der Waals surface area contributed by atoms with Crippen molar-refractivity contribution in [2.45, 2.75) is 66.2 Å². The average Bonchev–Trinajstić information content (AvgIpc) is 3.22. The molecule has 34 heavy (non-hydrogen) atoms. The summed E-state index contributed by atoms with van der Waals surface area (Å²) in [5.74, 6) is 0.450. The molecule has 1 aliphatic rings. The predicted octanol–water partition coefficient (Wildman–Crippen LogP) is 6.90. The monoisotopic (exact) mass is 464 g/mol. The minimum absolute atomic E-state index is 0.450. The van der Waals surface area contributed by atoms with E-state index in [9.17, 15) is 0 Å². The quantitative estimate of drug-likeness (QED) is 0.226. The summed E-state index contributed by atoms with van der Waals surface area (Å²) in [5, 5.41) is 6.14. The minimum Gasteiger partial charge on any atom is -0.0777 e. The average molecular weight is 465 g/mol. The van der Waals surface area contributed by atoms with Crippen molar-refractivity contribution in [2.24, 2.45) is 5.92 Å². The van der Waals surface area contributed by atoms with Gasteiger partial charge in [0.1, 0.15) is 0 Å². The van der Waals surface area contributed by atoms with Crippen molar-refractivity contribution in [1.29, 1.82) is 0 Å². The van der Waals surface area contributed by atoms with Crippen molar-refractivity contribution in [3.63, 3.8) is 0 Å². The third-order valence-electron chi connectivity index (χ3n) is 7.54. The second-order valence-electron chi connectivity index (χ2n) is 9.96. The Morgan fingerprint density at radius 2 is 1.12 bits per heavy atom. The lowest BCUT2D eigenvalue weighted by Crippen LogP contribution is -2.69. The molecule has 0 heterocycles. The number of benzene rings is 3. The lowest BCUT2D eigenvalue weighted by molar-refractivity contribution is 0.795. The number of rotatable bonds is 10. The van der Waals surface area contributed by atoms with Crippen LogP contribution in [0.4, 0.5) is 0 Å². The highest BCUT2D eigenvalue weighted by atomic mass is 28.3. The molecule has 0 saturated carbocycles. The number of hydrogen-bond donors (Lipinski definition) is 0. The van der Waals surface area contributed by atoms with Gasteiger partial charge in [-0.25, -0.2) is 0 Å². The van der Waals surface area contributed by atoms with E-state index in [1.54, 1.807) is 5.20 Å². The first kappa shape index (κ1) is 24.5. The van der Waals surface area contributed by atoms with E-state index in [-0.39, 0.29) is 0 Å². The summed E-state index contributed by atoms with van der Waals surface area (Å²) in [6.07, 6.45) is 12.1. The molecule has 0 aromatic heterocycles. The van der Waals surface area contributed by atoms with E-state index in [1.807, 2.05) is 0 Å². The van der Waals surface area contributed by atoms with Crippen molar-refractivity contribution in [3.8, 4) is 0 Å². The normalized spacial score (nSPS) is 15.8. The van der Waals surface area contributed by atoms with Crippen LogP contribution in [-0.4, -0.2) is 8.07 Å². The van der Waals surface area contributed by atoms with E-state index in [0.717, 1.165) is 0 Å². The molecule has 0 N–H and O–H groups in total. The van der Waals surface area contributed by atoms with Crippen LogP contribution < -0.4 is 15.6 Å². The highest BCUT2D eigenvalue weighted by Crippen LogP contribution is 2.33. The van der Waals surface area contributed by atoms with Crippen LogP contribution in [0, 0.1) is 5.92 Å². The molecule has 1 heteroatoms. The molecular formula is C33H40Si. The molecule has 0 amide bonds. The summed E-state index contributed by atoms with van der Waals surface area (Å²) >= 11 is 0. The van der Waals surface area contributed by atoms with Crippen LogP contribution in [0.2, 0.25) is 0 Å². The van der Waals surface area contributed by atoms with Crippen LogP contribution in [0.25, 0.3) is 0 Å². The van der Waals surface area contributed by atoms with E-state index in [4.69, 9.17) is 0 Å². The van der Waals surface area contributed by atoms with E-state index in [2.05, 4.69) is 119 Å². The Morgan fingerprint density at radius 3 is 1.53 bits per heavy atom. The Bertz CT molecular complexity index is 1070. The van der Waals surface area contributed by atoms with E-state index in [1.165, 1.54) is 70.8 Å². The van der Waals surface area contributed by atoms with Gasteiger partial charge >= 0.3 is 0 Å². The molecule has 0 aliphatic heterocycles. The van der Waals surface area contributed by atoms with Crippen LogP contribution in [-0.2, 0) is 12.8 Å². The molecule has 0 bridgehead atoms. The number of unbranched alkanes of at least 4 members (excludes halogenated alkanes) is 2. The van der Waals surface area contributed by atoms with Gasteiger partial charge in [0.15, 0.2) is 8.07 Å². The maximum atomic E-state index is 2.46. The van der Waals surface area contributed by atoms with Gasteiger partial charge in [0.05, 0.1) is 0 Å². The molecule has 4 rings (SSSR count). The van der Waals surface area contributed by atoms with E-state index < -0.39 is 8.07 Å². The van der Waals surface area contributed by atoms with Gasteiger partial charge in [-0.3, -0.25) is 0 Å². The van der Waals surface area contributed by atoms with Gasteiger partial charge < -0.3 is 0 Å². The molecule has 0 saturated heterocycles. The fourth-order valence-electron chi connectivity index (χ4n) is 5.73. The second-order valence-corrected chi connectivity index (χ2v) is 13.7. The van der Waals surface area contributed by atoms with Crippen molar-refractivity contribution in [1.82, 2.24) is 0 Å². The van der Waals surface area contributed by atoms with Gasteiger partial charge in [-0.05, 0) is 65.2 Å². The van der Waals surface area contributed by atoms with Crippen LogP contribution in [0.3, 0.4) is 0 Å². The molecule has 1 atom stereocenters. The Balaban J connectivity index is 1.94. The highest BCUT2D eigenvalue weighted by molar-refractivity contribution is 7.16. The highest BCUT2D eigenvalue weighted by Gasteiger charge is 2.46. The molecule has 176 valence electrons. The largest absolute Gasteiger partial charge is 0.176 e. The zero-order chi connectivity index (χ0) is 24.0. The van der Waals surface area contributed by atoms with E-state index in [0.29, 0.717) is 5.92 Å². The predicted molar refractivity (Wildman–Crippen MR) is 152 cm³/mol. The molecule has 0 nitrogen and oxygen atoms in total. The second kappa shape index (κ2) is 11.2. The summed E-state index contributed by atoms with van der Waals surface area (Å²) in [7, 11) is -2.41. The SMILES string of the molecule is CCCCc1ccc([Si](C2=C(C)C=CC2C)(c2ccccc2)c2ccc(CCCC)cc2)cc1. The third-order valence-corrected chi connectivity index (χ3v) is 12.8. The Labute approximate surface area is 208 Å². The number of hydrogen-bond acceptors (Lipinski definition) is 0. The summed E-state index contributed by atoms with van der Waals surface area (Å²) < 4.78 is 0. The van der Waals surface area contributed by atoms with Crippen LogP contribution >= 0.6 is 0 Å². The molecule has 0 fully saturated rings. The zero-order valence-corrected chi connectivity index (χ0v) is 22.5. The summed E-state index contributed by atoms with van der Waals surface area (Å²) in [5.41, 5.74) is 4.37.